The molecule has 102 valence electrons. The van der Waals surface area contributed by atoms with Gasteiger partial charge in [-0.1, -0.05) is 12.1 Å². The molecule has 0 aliphatic carbocycles. The van der Waals surface area contributed by atoms with Crippen LogP contribution in [0.3, 0.4) is 0 Å². The summed E-state index contributed by atoms with van der Waals surface area (Å²) in [4.78, 5) is 4.49. The van der Waals surface area contributed by atoms with Crippen molar-refractivity contribution in [3.8, 4) is 11.6 Å². The highest BCUT2D eigenvalue weighted by Gasteiger charge is 2.12. The lowest BCUT2D eigenvalue weighted by Crippen LogP contribution is -2.02. The fourth-order valence-electron chi connectivity index (χ4n) is 2.18. The minimum Gasteiger partial charge on any atom is -0.437 e. The molecule has 0 radical (unpaired) electrons. The van der Waals surface area contributed by atoms with Crippen molar-refractivity contribution in [1.82, 2.24) is 9.38 Å². The Kier molecular flexibility index (Phi) is 3.16. The summed E-state index contributed by atoms with van der Waals surface area (Å²) in [6.45, 7) is 4.52. The van der Waals surface area contributed by atoms with Crippen LogP contribution in [0.25, 0.3) is 5.65 Å². The van der Waals surface area contributed by atoms with Gasteiger partial charge in [0.2, 0.25) is 5.88 Å². The Morgan fingerprint density at radius 1 is 1.15 bits per heavy atom. The standard InChI is InChI=1S/C16H17N3O/c1-11-6-7-13(9-12(11)2)20-16-14(10-17)19-8-4-3-5-15(19)18-16/h3-9H,10,17H2,1-2H3. The first-order chi connectivity index (χ1) is 9.69. The lowest BCUT2D eigenvalue weighted by Gasteiger charge is -2.07. The minimum absolute atomic E-state index is 0.380. The molecule has 3 aromatic rings. The molecule has 20 heavy (non-hydrogen) atoms. The number of rotatable bonds is 3. The minimum atomic E-state index is 0.380. The average Bonchev–Trinajstić information content (AvgIpc) is 2.80. The van der Waals surface area contributed by atoms with Crippen LogP contribution in [0.5, 0.6) is 11.6 Å². The molecule has 0 atom stereocenters. The van der Waals surface area contributed by atoms with Gasteiger partial charge in [-0.05, 0) is 49.2 Å². The first kappa shape index (κ1) is 12.7. The molecule has 0 aliphatic rings. The lowest BCUT2D eigenvalue weighted by atomic mass is 10.1. The zero-order valence-electron chi connectivity index (χ0n) is 11.6. The smallest absolute Gasteiger partial charge is 0.242 e. The number of nitrogens with two attached hydrogens (primary N) is 1. The summed E-state index contributed by atoms with van der Waals surface area (Å²) in [6, 6.07) is 11.8. The van der Waals surface area contributed by atoms with Gasteiger partial charge in [0, 0.05) is 12.7 Å². The van der Waals surface area contributed by atoms with Crippen LogP contribution < -0.4 is 10.5 Å². The summed E-state index contributed by atoms with van der Waals surface area (Å²) in [5.41, 5.74) is 9.98. The fourth-order valence-corrected chi connectivity index (χ4v) is 2.18. The van der Waals surface area contributed by atoms with E-state index in [1.165, 1.54) is 11.1 Å². The highest BCUT2D eigenvalue weighted by Crippen LogP contribution is 2.26. The second-order valence-electron chi connectivity index (χ2n) is 4.84. The molecular weight excluding hydrogens is 250 g/mol. The van der Waals surface area contributed by atoms with Gasteiger partial charge in [0.05, 0.1) is 0 Å². The number of fused-ring (bicyclic) bond motifs is 1. The SMILES string of the molecule is Cc1ccc(Oc2nc3ccccn3c2CN)cc1C. The molecule has 4 heteroatoms. The van der Waals surface area contributed by atoms with Crippen LogP contribution in [0.2, 0.25) is 0 Å². The molecule has 0 amide bonds. The summed E-state index contributed by atoms with van der Waals surface area (Å²) in [5, 5.41) is 0. The number of benzene rings is 1. The maximum Gasteiger partial charge on any atom is 0.242 e. The van der Waals surface area contributed by atoms with E-state index in [1.807, 2.05) is 47.0 Å². The van der Waals surface area contributed by atoms with Crippen molar-refractivity contribution in [2.75, 3.05) is 0 Å². The van der Waals surface area contributed by atoms with E-state index in [0.717, 1.165) is 17.1 Å². The highest BCUT2D eigenvalue weighted by molar-refractivity contribution is 5.47. The third kappa shape index (κ3) is 2.14. The van der Waals surface area contributed by atoms with Crippen LogP contribution in [-0.2, 0) is 6.54 Å². The van der Waals surface area contributed by atoms with E-state index < -0.39 is 0 Å². The van der Waals surface area contributed by atoms with Gasteiger partial charge in [0.25, 0.3) is 0 Å². The number of pyridine rings is 1. The molecule has 2 heterocycles. The van der Waals surface area contributed by atoms with E-state index in [-0.39, 0.29) is 0 Å². The molecule has 0 fully saturated rings. The molecule has 0 saturated carbocycles. The van der Waals surface area contributed by atoms with Crippen molar-refractivity contribution in [1.29, 1.82) is 0 Å². The number of imidazole rings is 1. The molecule has 1 aromatic carbocycles. The summed E-state index contributed by atoms with van der Waals surface area (Å²) >= 11 is 0. The van der Waals surface area contributed by atoms with E-state index in [1.54, 1.807) is 0 Å². The molecule has 4 nitrogen and oxygen atoms in total. The number of aryl methyl sites for hydroxylation is 2. The van der Waals surface area contributed by atoms with Gasteiger partial charge in [-0.15, -0.1) is 0 Å². The van der Waals surface area contributed by atoms with Gasteiger partial charge in [-0.25, -0.2) is 0 Å². The lowest BCUT2D eigenvalue weighted by molar-refractivity contribution is 0.459. The van der Waals surface area contributed by atoms with E-state index in [9.17, 15) is 0 Å². The predicted molar refractivity (Wildman–Crippen MR) is 79.1 cm³/mol. The Balaban J connectivity index is 2.03. The highest BCUT2D eigenvalue weighted by atomic mass is 16.5. The fraction of sp³-hybridized carbons (Fsp3) is 0.188. The molecule has 0 bridgehead atoms. The van der Waals surface area contributed by atoms with Crippen LogP contribution in [0.15, 0.2) is 42.6 Å². The molecule has 3 rings (SSSR count). The largest absolute Gasteiger partial charge is 0.437 e. The zero-order chi connectivity index (χ0) is 14.1. The molecule has 0 aliphatic heterocycles. The van der Waals surface area contributed by atoms with E-state index >= 15 is 0 Å². The average molecular weight is 267 g/mol. The molecule has 0 unspecified atom stereocenters. The van der Waals surface area contributed by atoms with Gasteiger partial charge in [0.1, 0.15) is 17.1 Å². The van der Waals surface area contributed by atoms with Crippen LogP contribution in [0.4, 0.5) is 0 Å². The molecule has 2 aromatic heterocycles. The topological polar surface area (TPSA) is 52.5 Å². The summed E-state index contributed by atoms with van der Waals surface area (Å²) in [6.07, 6.45) is 1.94. The van der Waals surface area contributed by atoms with Crippen molar-refractivity contribution < 1.29 is 4.74 Å². The van der Waals surface area contributed by atoms with Gasteiger partial charge in [0.15, 0.2) is 0 Å². The Hall–Kier alpha value is -2.33. The monoisotopic (exact) mass is 267 g/mol. The second-order valence-corrected chi connectivity index (χ2v) is 4.84. The van der Waals surface area contributed by atoms with E-state index in [0.29, 0.717) is 12.4 Å². The predicted octanol–water partition coefficient (Wildman–Crippen LogP) is 3.20. The number of hydrogen-bond donors (Lipinski definition) is 1. The maximum atomic E-state index is 5.91. The van der Waals surface area contributed by atoms with Crippen LogP contribution in [0.1, 0.15) is 16.8 Å². The molecule has 2 N–H and O–H groups in total. The van der Waals surface area contributed by atoms with Crippen molar-refractivity contribution in [2.45, 2.75) is 20.4 Å². The molecule has 0 saturated heterocycles. The summed E-state index contributed by atoms with van der Waals surface area (Å²) < 4.78 is 7.86. The van der Waals surface area contributed by atoms with Crippen molar-refractivity contribution in [3.63, 3.8) is 0 Å². The Morgan fingerprint density at radius 3 is 2.75 bits per heavy atom. The van der Waals surface area contributed by atoms with Gasteiger partial charge < -0.3 is 10.5 Å². The number of hydrogen-bond acceptors (Lipinski definition) is 3. The van der Waals surface area contributed by atoms with Crippen LogP contribution in [-0.4, -0.2) is 9.38 Å². The Bertz CT molecular complexity index is 762. The third-order valence-corrected chi connectivity index (χ3v) is 3.48. The molecule has 0 spiro atoms. The van der Waals surface area contributed by atoms with Gasteiger partial charge in [-0.2, -0.15) is 4.98 Å². The quantitative estimate of drug-likeness (QED) is 0.792. The Morgan fingerprint density at radius 2 is 2.00 bits per heavy atom. The van der Waals surface area contributed by atoms with Crippen molar-refractivity contribution >= 4 is 5.65 Å². The van der Waals surface area contributed by atoms with Crippen LogP contribution in [0, 0.1) is 13.8 Å². The van der Waals surface area contributed by atoms with Crippen molar-refractivity contribution in [3.05, 3.63) is 59.4 Å². The number of aromatic nitrogens is 2. The van der Waals surface area contributed by atoms with Gasteiger partial charge >= 0.3 is 0 Å². The second kappa shape index (κ2) is 4.98. The maximum absolute atomic E-state index is 5.91. The summed E-state index contributed by atoms with van der Waals surface area (Å²) in [7, 11) is 0. The van der Waals surface area contributed by atoms with Crippen molar-refractivity contribution in [2.24, 2.45) is 5.73 Å². The number of ether oxygens (including phenoxy) is 1. The van der Waals surface area contributed by atoms with E-state index in [2.05, 4.69) is 18.8 Å². The number of nitrogens with zero attached hydrogens (tertiary/aromatic N) is 2. The van der Waals surface area contributed by atoms with Gasteiger partial charge in [-0.3, -0.25) is 4.40 Å². The zero-order valence-corrected chi connectivity index (χ0v) is 11.6. The third-order valence-electron chi connectivity index (χ3n) is 3.48. The summed E-state index contributed by atoms with van der Waals surface area (Å²) in [5.74, 6) is 1.35. The normalized spacial score (nSPS) is 10.9. The van der Waals surface area contributed by atoms with E-state index in [4.69, 9.17) is 10.5 Å². The first-order valence-electron chi connectivity index (χ1n) is 6.60. The molecular formula is C16H17N3O. The van der Waals surface area contributed by atoms with Crippen LogP contribution >= 0.6 is 0 Å². The first-order valence-corrected chi connectivity index (χ1v) is 6.60. The Labute approximate surface area is 117 Å².